The number of rotatable bonds is 9. The number of methoxy groups -OCH3 is 1. The number of hydrogen-bond donors (Lipinski definition) is 1. The number of hydrogen-bond acceptors (Lipinski definition) is 5. The normalized spacial score (nSPS) is 12.3. The largest absolute Gasteiger partial charge is 0.493 e. The fraction of sp³-hybridized carbons (Fsp3) is 0.286. The highest BCUT2D eigenvalue weighted by atomic mass is 79.9. The van der Waals surface area contributed by atoms with Crippen LogP contribution in [0.5, 0.6) is 17.2 Å². The average Bonchev–Trinajstić information content (AvgIpc) is 2.83. The van der Waals surface area contributed by atoms with Gasteiger partial charge >= 0.3 is 0 Å². The Kier molecular flexibility index (Phi) is 8.93. The quantitative estimate of drug-likeness (QED) is 0.258. The van der Waals surface area contributed by atoms with Crippen LogP contribution in [0.3, 0.4) is 0 Å². The highest BCUT2D eigenvalue weighted by Gasteiger charge is 2.17. The third-order valence-corrected chi connectivity index (χ3v) is 5.86. The van der Waals surface area contributed by atoms with Crippen molar-refractivity contribution in [1.29, 1.82) is 0 Å². The van der Waals surface area contributed by atoms with Crippen molar-refractivity contribution in [2.24, 2.45) is 5.10 Å². The van der Waals surface area contributed by atoms with E-state index in [1.807, 2.05) is 60.7 Å². The van der Waals surface area contributed by atoms with Gasteiger partial charge in [-0.05, 0) is 69.2 Å². The first-order chi connectivity index (χ1) is 16.7. The van der Waals surface area contributed by atoms with Gasteiger partial charge in [-0.3, -0.25) is 4.79 Å². The van der Waals surface area contributed by atoms with Gasteiger partial charge < -0.3 is 14.2 Å². The molecule has 1 amide bonds. The SMILES string of the molecule is COc1cc(/C=N/NC(=O)C(C)Oc2ccc(C(C)(C)C)cc2)cc(Br)c1OCc1ccccc1. The maximum absolute atomic E-state index is 12.4. The van der Waals surface area contributed by atoms with E-state index >= 15 is 0 Å². The molecule has 0 aliphatic carbocycles. The van der Waals surface area contributed by atoms with Crippen molar-refractivity contribution in [3.63, 3.8) is 0 Å². The van der Waals surface area contributed by atoms with Crippen LogP contribution >= 0.6 is 15.9 Å². The molecule has 0 saturated carbocycles. The Morgan fingerprint density at radius 1 is 1.09 bits per heavy atom. The standard InChI is InChI=1S/C28H31BrN2O4/c1-19(35-23-13-11-22(12-14-23)28(2,3)4)27(32)31-30-17-21-15-24(29)26(25(16-21)33-5)34-18-20-9-7-6-8-10-20/h6-17,19H,18H2,1-5H3,(H,31,32)/b30-17+. The zero-order valence-corrected chi connectivity index (χ0v) is 22.3. The van der Waals surface area contributed by atoms with Crippen LogP contribution in [-0.4, -0.2) is 25.3 Å². The molecule has 0 spiro atoms. The molecule has 0 fully saturated rings. The summed E-state index contributed by atoms with van der Waals surface area (Å²) in [7, 11) is 1.58. The van der Waals surface area contributed by atoms with Gasteiger partial charge in [-0.25, -0.2) is 5.43 Å². The third-order valence-electron chi connectivity index (χ3n) is 5.27. The molecule has 0 radical (unpaired) electrons. The van der Waals surface area contributed by atoms with E-state index in [0.717, 1.165) is 15.6 Å². The Hall–Kier alpha value is -3.32. The van der Waals surface area contributed by atoms with E-state index in [2.05, 4.69) is 47.2 Å². The molecule has 1 N–H and O–H groups in total. The van der Waals surface area contributed by atoms with Crippen LogP contribution in [0.25, 0.3) is 0 Å². The second-order valence-electron chi connectivity index (χ2n) is 9.08. The lowest BCUT2D eigenvalue weighted by Crippen LogP contribution is -2.33. The first-order valence-electron chi connectivity index (χ1n) is 11.3. The number of amides is 1. The lowest BCUT2D eigenvalue weighted by atomic mass is 9.87. The molecule has 1 atom stereocenters. The van der Waals surface area contributed by atoms with Crippen LogP contribution in [0.4, 0.5) is 0 Å². The Labute approximate surface area is 215 Å². The number of ether oxygens (including phenoxy) is 3. The zero-order chi connectivity index (χ0) is 25.4. The molecule has 3 aromatic carbocycles. The Balaban J connectivity index is 1.58. The molecule has 0 heterocycles. The first-order valence-corrected chi connectivity index (χ1v) is 12.1. The van der Waals surface area contributed by atoms with Gasteiger partial charge in [-0.1, -0.05) is 63.2 Å². The number of carbonyl (C=O) groups excluding carboxylic acids is 1. The van der Waals surface area contributed by atoms with Crippen molar-refractivity contribution in [2.45, 2.75) is 45.8 Å². The third kappa shape index (κ3) is 7.59. The van der Waals surface area contributed by atoms with E-state index in [1.54, 1.807) is 20.1 Å². The summed E-state index contributed by atoms with van der Waals surface area (Å²) >= 11 is 3.54. The van der Waals surface area contributed by atoms with Crippen LogP contribution in [0, 0.1) is 0 Å². The Morgan fingerprint density at radius 3 is 2.40 bits per heavy atom. The Bertz CT molecular complexity index is 1160. The van der Waals surface area contributed by atoms with E-state index < -0.39 is 6.10 Å². The van der Waals surface area contributed by atoms with Gasteiger partial charge in [0.05, 0.1) is 17.8 Å². The fourth-order valence-electron chi connectivity index (χ4n) is 3.24. The zero-order valence-electron chi connectivity index (χ0n) is 20.7. The van der Waals surface area contributed by atoms with E-state index in [0.29, 0.717) is 23.9 Å². The topological polar surface area (TPSA) is 69.2 Å². The van der Waals surface area contributed by atoms with Gasteiger partial charge in [0, 0.05) is 0 Å². The van der Waals surface area contributed by atoms with Crippen molar-refractivity contribution in [1.82, 2.24) is 5.43 Å². The van der Waals surface area contributed by atoms with Gasteiger partial charge in [0.25, 0.3) is 5.91 Å². The number of nitrogens with one attached hydrogen (secondary N) is 1. The summed E-state index contributed by atoms with van der Waals surface area (Å²) in [6.45, 7) is 8.54. The van der Waals surface area contributed by atoms with Crippen molar-refractivity contribution >= 4 is 28.1 Å². The average molecular weight is 539 g/mol. The summed E-state index contributed by atoms with van der Waals surface area (Å²) in [5.41, 5.74) is 5.56. The molecule has 1 unspecified atom stereocenters. The maximum atomic E-state index is 12.4. The summed E-state index contributed by atoms with van der Waals surface area (Å²) in [6.07, 6.45) is 0.833. The monoisotopic (exact) mass is 538 g/mol. The second kappa shape index (κ2) is 11.9. The van der Waals surface area contributed by atoms with E-state index in [9.17, 15) is 4.79 Å². The lowest BCUT2D eigenvalue weighted by Gasteiger charge is -2.20. The number of carbonyl (C=O) groups is 1. The maximum Gasteiger partial charge on any atom is 0.280 e. The molecule has 184 valence electrons. The number of benzene rings is 3. The van der Waals surface area contributed by atoms with Crippen molar-refractivity contribution < 1.29 is 19.0 Å². The van der Waals surface area contributed by atoms with Gasteiger partial charge in [0.15, 0.2) is 17.6 Å². The summed E-state index contributed by atoms with van der Waals surface area (Å²) in [4.78, 5) is 12.4. The van der Waals surface area contributed by atoms with Crippen molar-refractivity contribution in [3.8, 4) is 17.2 Å². The van der Waals surface area contributed by atoms with Gasteiger partial charge in [0.2, 0.25) is 0 Å². The predicted octanol–water partition coefficient (Wildman–Crippen LogP) is 6.25. The molecular formula is C28H31BrN2O4. The van der Waals surface area contributed by atoms with E-state index in [-0.39, 0.29) is 11.3 Å². The molecule has 3 aromatic rings. The minimum atomic E-state index is -0.706. The smallest absolute Gasteiger partial charge is 0.280 e. The molecule has 0 aromatic heterocycles. The van der Waals surface area contributed by atoms with Crippen molar-refractivity contribution in [3.05, 3.63) is 87.9 Å². The van der Waals surface area contributed by atoms with Gasteiger partial charge in [-0.15, -0.1) is 0 Å². The van der Waals surface area contributed by atoms with Gasteiger partial charge in [0.1, 0.15) is 12.4 Å². The number of nitrogens with zero attached hydrogens (tertiary/aromatic N) is 1. The van der Waals surface area contributed by atoms with Crippen molar-refractivity contribution in [2.75, 3.05) is 7.11 Å². The fourth-order valence-corrected chi connectivity index (χ4v) is 3.81. The summed E-state index contributed by atoms with van der Waals surface area (Å²) in [5, 5.41) is 4.07. The summed E-state index contributed by atoms with van der Waals surface area (Å²) in [6, 6.07) is 21.3. The molecule has 0 aliphatic heterocycles. The summed E-state index contributed by atoms with van der Waals surface area (Å²) in [5.74, 6) is 1.43. The highest BCUT2D eigenvalue weighted by Crippen LogP contribution is 2.36. The lowest BCUT2D eigenvalue weighted by molar-refractivity contribution is -0.127. The number of hydrazone groups is 1. The second-order valence-corrected chi connectivity index (χ2v) is 9.93. The minimum Gasteiger partial charge on any atom is -0.493 e. The number of halogens is 1. The molecule has 0 saturated heterocycles. The van der Waals surface area contributed by atoms with Crippen LogP contribution in [0.1, 0.15) is 44.4 Å². The van der Waals surface area contributed by atoms with E-state index in [1.165, 1.54) is 11.8 Å². The minimum absolute atomic E-state index is 0.0557. The highest BCUT2D eigenvalue weighted by molar-refractivity contribution is 9.10. The molecular weight excluding hydrogens is 508 g/mol. The van der Waals surface area contributed by atoms with Crippen LogP contribution in [0.2, 0.25) is 0 Å². The van der Waals surface area contributed by atoms with Crippen LogP contribution < -0.4 is 19.6 Å². The molecule has 6 nitrogen and oxygen atoms in total. The molecule has 35 heavy (non-hydrogen) atoms. The molecule has 7 heteroatoms. The Morgan fingerprint density at radius 2 is 1.77 bits per heavy atom. The van der Waals surface area contributed by atoms with Crippen LogP contribution in [-0.2, 0) is 16.8 Å². The molecule has 0 bridgehead atoms. The molecule has 3 rings (SSSR count). The van der Waals surface area contributed by atoms with Gasteiger partial charge in [-0.2, -0.15) is 5.10 Å². The van der Waals surface area contributed by atoms with E-state index in [4.69, 9.17) is 14.2 Å². The molecule has 0 aliphatic rings. The van der Waals surface area contributed by atoms with Crippen LogP contribution in [0.15, 0.2) is 76.3 Å². The predicted molar refractivity (Wildman–Crippen MR) is 142 cm³/mol. The summed E-state index contributed by atoms with van der Waals surface area (Å²) < 4.78 is 17.9. The first kappa shape index (κ1) is 26.3.